The summed E-state index contributed by atoms with van der Waals surface area (Å²) >= 11 is 1.78. The molecule has 2 aromatic carbocycles. The van der Waals surface area contributed by atoms with Crippen LogP contribution in [0, 0.1) is 0 Å². The summed E-state index contributed by atoms with van der Waals surface area (Å²) in [6.07, 6.45) is -1.92. The van der Waals surface area contributed by atoms with Gasteiger partial charge in [-0.25, -0.2) is 0 Å². The molecule has 8 heteroatoms. The molecule has 0 aromatic heterocycles. The third kappa shape index (κ3) is 4.80. The summed E-state index contributed by atoms with van der Waals surface area (Å²) < 4.78 is 38.3. The quantitative estimate of drug-likeness (QED) is 0.653. The number of benzene rings is 2. The zero-order chi connectivity index (χ0) is 22.8. The minimum absolute atomic E-state index is 0.140. The van der Waals surface area contributed by atoms with Crippen LogP contribution >= 0.6 is 11.8 Å². The molecule has 32 heavy (non-hydrogen) atoms. The van der Waals surface area contributed by atoms with E-state index in [1.54, 1.807) is 16.7 Å². The number of alkyl halides is 3. The maximum atomic E-state index is 13.0. The average molecular weight is 463 g/mol. The van der Waals surface area contributed by atoms with Gasteiger partial charge in [-0.1, -0.05) is 30.3 Å². The Balaban J connectivity index is 1.36. The molecule has 4 nitrogen and oxygen atoms in total. The molecule has 0 unspecified atom stereocenters. The van der Waals surface area contributed by atoms with Gasteiger partial charge in [0.1, 0.15) is 0 Å². The van der Waals surface area contributed by atoms with Crippen LogP contribution in [0.5, 0.6) is 0 Å². The fraction of sp³-hybridized carbons (Fsp3) is 0.417. The molecule has 0 bridgehead atoms. The molecule has 0 aliphatic carbocycles. The first-order valence-corrected chi connectivity index (χ1v) is 11.7. The van der Waals surface area contributed by atoms with Crippen LogP contribution in [0.15, 0.2) is 54.6 Å². The molecule has 170 valence electrons. The Morgan fingerprint density at radius 3 is 2.22 bits per heavy atom. The summed E-state index contributed by atoms with van der Waals surface area (Å²) in [5.41, 5.74) is 0.626. The van der Waals surface area contributed by atoms with Crippen molar-refractivity contribution in [2.45, 2.75) is 36.7 Å². The van der Waals surface area contributed by atoms with E-state index in [0.717, 1.165) is 23.4 Å². The second-order valence-corrected chi connectivity index (χ2v) is 9.65. The Morgan fingerprint density at radius 1 is 0.938 bits per heavy atom. The highest BCUT2D eigenvalue weighted by molar-refractivity contribution is 8.00. The van der Waals surface area contributed by atoms with E-state index in [0.29, 0.717) is 45.3 Å². The number of carbonyl (C=O) groups excluding carboxylic acids is 2. The van der Waals surface area contributed by atoms with Crippen molar-refractivity contribution in [3.8, 4) is 0 Å². The van der Waals surface area contributed by atoms with Gasteiger partial charge >= 0.3 is 6.18 Å². The van der Waals surface area contributed by atoms with Gasteiger partial charge in [-0.05, 0) is 49.1 Å². The second kappa shape index (κ2) is 9.17. The first kappa shape index (κ1) is 22.7. The molecule has 2 aliphatic heterocycles. The highest BCUT2D eigenvalue weighted by atomic mass is 32.2. The maximum absolute atomic E-state index is 13.0. The third-order valence-electron chi connectivity index (χ3n) is 6.24. The van der Waals surface area contributed by atoms with Crippen molar-refractivity contribution in [3.05, 3.63) is 71.3 Å². The van der Waals surface area contributed by atoms with Crippen LogP contribution in [0.3, 0.4) is 0 Å². The van der Waals surface area contributed by atoms with E-state index in [1.807, 2.05) is 35.2 Å². The van der Waals surface area contributed by atoms with Gasteiger partial charge in [-0.15, -0.1) is 11.8 Å². The number of amides is 2. The molecule has 0 N–H and O–H groups in total. The lowest BCUT2D eigenvalue weighted by Gasteiger charge is -2.44. The molecule has 4 rings (SSSR count). The summed E-state index contributed by atoms with van der Waals surface area (Å²) in [5.74, 6) is 0.754. The standard InChI is InChI=1S/C24H25F3N2O2S/c25-24(26,27)20-9-7-19(8-10-20)22(31)28-14-12-23(13-15-28)29(16-17-32-23)21(30)11-6-18-4-2-1-3-5-18/h1-5,7-10H,6,11-17H2. The molecular weight excluding hydrogens is 437 g/mol. The van der Waals surface area contributed by atoms with E-state index in [4.69, 9.17) is 0 Å². The van der Waals surface area contributed by atoms with Gasteiger partial charge in [0, 0.05) is 37.4 Å². The number of piperidine rings is 1. The molecule has 0 saturated carbocycles. The van der Waals surface area contributed by atoms with Gasteiger partial charge in [0.05, 0.1) is 10.4 Å². The number of likely N-dealkylation sites (tertiary alicyclic amines) is 1. The molecular formula is C24H25F3N2O2S. The van der Waals surface area contributed by atoms with E-state index in [1.165, 1.54) is 12.1 Å². The summed E-state index contributed by atoms with van der Waals surface area (Å²) in [7, 11) is 0. The number of halogens is 3. The maximum Gasteiger partial charge on any atom is 0.416 e. The molecule has 2 aromatic rings. The Morgan fingerprint density at radius 2 is 1.59 bits per heavy atom. The summed E-state index contributed by atoms with van der Waals surface area (Å²) in [6.45, 7) is 1.68. The van der Waals surface area contributed by atoms with E-state index in [2.05, 4.69) is 0 Å². The molecule has 2 amide bonds. The number of carbonyl (C=O) groups is 2. The Bertz CT molecular complexity index is 955. The van der Waals surface area contributed by atoms with E-state index < -0.39 is 11.7 Å². The fourth-order valence-corrected chi connectivity index (χ4v) is 5.92. The largest absolute Gasteiger partial charge is 0.416 e. The zero-order valence-corrected chi connectivity index (χ0v) is 18.4. The highest BCUT2D eigenvalue weighted by Crippen LogP contribution is 2.44. The van der Waals surface area contributed by atoms with E-state index >= 15 is 0 Å². The molecule has 2 fully saturated rings. The highest BCUT2D eigenvalue weighted by Gasteiger charge is 2.46. The Hall–Kier alpha value is -2.48. The topological polar surface area (TPSA) is 40.6 Å². The minimum Gasteiger partial charge on any atom is -0.338 e. The van der Waals surface area contributed by atoms with Crippen LogP contribution in [-0.4, -0.2) is 51.9 Å². The third-order valence-corrected chi connectivity index (χ3v) is 7.79. The number of hydrogen-bond donors (Lipinski definition) is 0. The van der Waals surface area contributed by atoms with Gasteiger partial charge in [-0.2, -0.15) is 13.2 Å². The molecule has 0 radical (unpaired) electrons. The lowest BCUT2D eigenvalue weighted by atomic mass is 10.00. The minimum atomic E-state index is -4.42. The lowest BCUT2D eigenvalue weighted by molar-refractivity contribution is -0.137. The number of hydrogen-bond acceptors (Lipinski definition) is 3. The smallest absolute Gasteiger partial charge is 0.338 e. The first-order valence-electron chi connectivity index (χ1n) is 10.7. The van der Waals surface area contributed by atoms with Crippen molar-refractivity contribution in [3.63, 3.8) is 0 Å². The number of rotatable bonds is 4. The summed E-state index contributed by atoms with van der Waals surface area (Å²) in [4.78, 5) is 29.2. The Kier molecular flexibility index (Phi) is 6.51. The molecule has 2 aliphatic rings. The number of thioether (sulfide) groups is 1. The van der Waals surface area contributed by atoms with Gasteiger partial charge in [0.2, 0.25) is 5.91 Å². The van der Waals surface area contributed by atoms with Crippen molar-refractivity contribution in [1.29, 1.82) is 0 Å². The van der Waals surface area contributed by atoms with Crippen molar-refractivity contribution in [2.75, 3.05) is 25.4 Å². The van der Waals surface area contributed by atoms with Crippen molar-refractivity contribution in [1.82, 2.24) is 9.80 Å². The first-order chi connectivity index (χ1) is 15.3. The fourth-order valence-electron chi connectivity index (χ4n) is 4.45. The van der Waals surface area contributed by atoms with Crippen LogP contribution in [0.4, 0.5) is 13.2 Å². The van der Waals surface area contributed by atoms with Crippen molar-refractivity contribution in [2.24, 2.45) is 0 Å². The van der Waals surface area contributed by atoms with Gasteiger partial charge < -0.3 is 9.80 Å². The van der Waals surface area contributed by atoms with Gasteiger partial charge in [-0.3, -0.25) is 9.59 Å². The van der Waals surface area contributed by atoms with Crippen molar-refractivity contribution < 1.29 is 22.8 Å². The normalized spacial score (nSPS) is 18.2. The lowest BCUT2D eigenvalue weighted by Crippen LogP contribution is -2.53. The van der Waals surface area contributed by atoms with Crippen LogP contribution in [0.25, 0.3) is 0 Å². The number of aryl methyl sites for hydroxylation is 1. The molecule has 0 atom stereocenters. The van der Waals surface area contributed by atoms with Crippen LogP contribution < -0.4 is 0 Å². The van der Waals surface area contributed by atoms with Gasteiger partial charge in [0.15, 0.2) is 0 Å². The second-order valence-electron chi connectivity index (χ2n) is 8.19. The predicted octanol–water partition coefficient (Wildman–Crippen LogP) is 4.85. The van der Waals surface area contributed by atoms with Crippen LogP contribution in [-0.2, 0) is 17.4 Å². The monoisotopic (exact) mass is 462 g/mol. The SMILES string of the molecule is O=C(c1ccc(C(F)(F)F)cc1)N1CCC2(CC1)SCCN2C(=O)CCc1ccccc1. The average Bonchev–Trinajstić information content (AvgIpc) is 3.20. The predicted molar refractivity (Wildman–Crippen MR) is 118 cm³/mol. The van der Waals surface area contributed by atoms with Crippen molar-refractivity contribution >= 4 is 23.6 Å². The zero-order valence-electron chi connectivity index (χ0n) is 17.6. The van der Waals surface area contributed by atoms with Crippen LogP contribution in [0.2, 0.25) is 0 Å². The number of nitrogens with zero attached hydrogens (tertiary/aromatic N) is 2. The van der Waals surface area contributed by atoms with Gasteiger partial charge in [0.25, 0.3) is 5.91 Å². The van der Waals surface area contributed by atoms with E-state index in [-0.39, 0.29) is 22.2 Å². The summed E-state index contributed by atoms with van der Waals surface area (Å²) in [6, 6.07) is 14.3. The summed E-state index contributed by atoms with van der Waals surface area (Å²) in [5, 5.41) is 0. The van der Waals surface area contributed by atoms with E-state index in [9.17, 15) is 22.8 Å². The Labute approximate surface area is 189 Å². The molecule has 2 saturated heterocycles. The molecule has 1 spiro atoms. The molecule has 2 heterocycles. The van der Waals surface area contributed by atoms with Crippen LogP contribution in [0.1, 0.15) is 40.7 Å².